The van der Waals surface area contributed by atoms with Crippen LogP contribution in [-0.2, 0) is 14.3 Å². The van der Waals surface area contributed by atoms with Crippen LogP contribution in [0.25, 0.3) is 5.76 Å². The lowest BCUT2D eigenvalue weighted by Gasteiger charge is -2.24. The van der Waals surface area contributed by atoms with Gasteiger partial charge in [-0.25, -0.2) is 9.78 Å². The van der Waals surface area contributed by atoms with Crippen LogP contribution in [0.1, 0.15) is 45.0 Å². The van der Waals surface area contributed by atoms with Crippen molar-refractivity contribution in [2.24, 2.45) is 0 Å². The van der Waals surface area contributed by atoms with Crippen LogP contribution in [0.2, 0.25) is 0 Å². The Hall–Kier alpha value is -4.18. The number of rotatable bonds is 7. The summed E-state index contributed by atoms with van der Waals surface area (Å²) in [7, 11) is 3.01. The number of anilines is 1. The van der Waals surface area contributed by atoms with E-state index in [1.807, 2.05) is 0 Å². The second kappa shape index (κ2) is 10.4. The van der Waals surface area contributed by atoms with Crippen molar-refractivity contribution in [3.8, 4) is 11.5 Å². The number of ketones is 1. The van der Waals surface area contributed by atoms with Crippen molar-refractivity contribution in [3.05, 3.63) is 75.3 Å². The number of carbonyl (C=O) groups is 3. The van der Waals surface area contributed by atoms with Crippen LogP contribution in [0.3, 0.4) is 0 Å². The number of methoxy groups -OCH3 is 2. The number of para-hydroxylation sites is 1. The highest BCUT2D eigenvalue weighted by molar-refractivity contribution is 7.17. The second-order valence-corrected chi connectivity index (χ2v) is 9.20. The highest BCUT2D eigenvalue weighted by atomic mass is 32.1. The largest absolute Gasteiger partial charge is 0.507 e. The first-order valence-electron chi connectivity index (χ1n) is 11.5. The zero-order valence-electron chi connectivity index (χ0n) is 21.0. The first-order valence-corrected chi connectivity index (χ1v) is 12.3. The summed E-state index contributed by atoms with van der Waals surface area (Å²) < 4.78 is 15.9. The number of thiazole rings is 1. The zero-order chi connectivity index (χ0) is 26.9. The summed E-state index contributed by atoms with van der Waals surface area (Å²) in [4.78, 5) is 45.2. The van der Waals surface area contributed by atoms with Crippen LogP contribution in [-0.4, -0.2) is 48.6 Å². The van der Waals surface area contributed by atoms with E-state index >= 15 is 0 Å². The smallest absolute Gasteiger partial charge is 0.350 e. The van der Waals surface area contributed by atoms with Crippen molar-refractivity contribution in [1.82, 2.24) is 4.98 Å². The molecule has 0 saturated carbocycles. The van der Waals surface area contributed by atoms with Crippen molar-refractivity contribution in [2.75, 3.05) is 25.7 Å². The number of hydrogen-bond acceptors (Lipinski definition) is 9. The molecular weight excluding hydrogens is 496 g/mol. The second-order valence-electron chi connectivity index (χ2n) is 8.23. The average Bonchev–Trinajstić information content (AvgIpc) is 3.40. The number of esters is 1. The van der Waals surface area contributed by atoms with Gasteiger partial charge in [0.1, 0.15) is 28.2 Å². The number of aryl methyl sites for hydroxylation is 2. The molecule has 192 valence electrons. The minimum atomic E-state index is -1.06. The Morgan fingerprint density at radius 1 is 1.08 bits per heavy atom. The molecule has 4 rings (SSSR count). The van der Waals surface area contributed by atoms with Gasteiger partial charge in [-0.1, -0.05) is 29.5 Å². The fraction of sp³-hybridized carbons (Fsp3) is 0.259. The molecule has 1 amide bonds. The maximum Gasteiger partial charge on any atom is 0.350 e. The normalized spacial score (nSPS) is 16.7. The third-order valence-electron chi connectivity index (χ3n) is 6.00. The van der Waals surface area contributed by atoms with E-state index in [0.717, 1.165) is 16.9 Å². The minimum Gasteiger partial charge on any atom is -0.507 e. The van der Waals surface area contributed by atoms with Gasteiger partial charge in [0.15, 0.2) is 5.13 Å². The predicted octanol–water partition coefficient (Wildman–Crippen LogP) is 4.58. The Morgan fingerprint density at radius 3 is 2.43 bits per heavy atom. The number of carbonyl (C=O) groups excluding carboxylic acids is 3. The van der Waals surface area contributed by atoms with E-state index in [-0.39, 0.29) is 27.9 Å². The molecule has 37 heavy (non-hydrogen) atoms. The lowest BCUT2D eigenvalue weighted by atomic mass is 9.94. The summed E-state index contributed by atoms with van der Waals surface area (Å²) in [5.74, 6) is -1.65. The molecule has 3 aromatic rings. The van der Waals surface area contributed by atoms with Crippen molar-refractivity contribution in [1.29, 1.82) is 0 Å². The molecule has 1 fully saturated rings. The Kier molecular flexibility index (Phi) is 7.30. The van der Waals surface area contributed by atoms with Gasteiger partial charge in [-0.3, -0.25) is 14.5 Å². The molecule has 2 heterocycles. The maximum absolute atomic E-state index is 13.4. The minimum absolute atomic E-state index is 0.121. The maximum atomic E-state index is 13.4. The molecule has 0 bridgehead atoms. The molecular formula is C27H26N2O7S. The summed E-state index contributed by atoms with van der Waals surface area (Å²) in [6.45, 7) is 5.30. The highest BCUT2D eigenvalue weighted by Crippen LogP contribution is 2.46. The van der Waals surface area contributed by atoms with Crippen LogP contribution >= 0.6 is 11.3 Å². The number of aliphatic hydroxyl groups is 1. The number of Topliss-reactive ketones (excluding diaryl/α,β-unsaturated/α-hetero) is 1. The van der Waals surface area contributed by atoms with E-state index in [4.69, 9.17) is 14.2 Å². The number of hydrogen-bond donors (Lipinski definition) is 1. The molecule has 0 spiro atoms. The van der Waals surface area contributed by atoms with Crippen molar-refractivity contribution < 1.29 is 33.7 Å². The molecule has 2 aromatic carbocycles. The highest BCUT2D eigenvalue weighted by Gasteiger charge is 2.49. The number of amides is 1. The van der Waals surface area contributed by atoms with Crippen LogP contribution in [0, 0.1) is 13.8 Å². The van der Waals surface area contributed by atoms with E-state index < -0.39 is 23.7 Å². The average molecular weight is 523 g/mol. The molecule has 1 saturated heterocycles. The van der Waals surface area contributed by atoms with Gasteiger partial charge in [0, 0.05) is 11.1 Å². The Balaban J connectivity index is 1.95. The van der Waals surface area contributed by atoms with Crippen LogP contribution in [0.4, 0.5) is 5.13 Å². The molecule has 1 aromatic heterocycles. The molecule has 10 heteroatoms. The third-order valence-corrected chi connectivity index (χ3v) is 7.14. The summed E-state index contributed by atoms with van der Waals surface area (Å²) in [5, 5.41) is 11.5. The van der Waals surface area contributed by atoms with E-state index in [1.165, 1.54) is 19.1 Å². The fourth-order valence-corrected chi connectivity index (χ4v) is 5.26. The van der Waals surface area contributed by atoms with Gasteiger partial charge < -0.3 is 19.3 Å². The molecule has 0 aliphatic carbocycles. The monoisotopic (exact) mass is 522 g/mol. The number of nitrogens with zero attached hydrogens (tertiary/aromatic N) is 2. The van der Waals surface area contributed by atoms with E-state index in [2.05, 4.69) is 4.98 Å². The standard InChI is InChI=1S/C27H26N2O7S/c1-6-36-26(33)24-15(3)28-27(37-24)29-21(17-9-7-8-10-19(17)35-5)20(23(31)25(29)32)22(30)16-11-12-18(34-4)14(2)13-16/h7-13,21,30H,6H2,1-5H3/b22-20+/t21-/m1/s1. The topological polar surface area (TPSA) is 115 Å². The van der Waals surface area contributed by atoms with Gasteiger partial charge in [0.2, 0.25) is 0 Å². The lowest BCUT2D eigenvalue weighted by molar-refractivity contribution is -0.132. The molecule has 0 radical (unpaired) electrons. The molecule has 1 aliphatic rings. The SMILES string of the molecule is CCOC(=O)c1sc(N2C(=O)C(=O)/C(=C(/O)c3ccc(OC)c(C)c3)[C@H]2c2ccccc2OC)nc1C. The van der Waals surface area contributed by atoms with E-state index in [9.17, 15) is 19.5 Å². The summed E-state index contributed by atoms with van der Waals surface area (Å²) in [6, 6.07) is 10.8. The quantitative estimate of drug-likeness (QED) is 0.208. The molecule has 0 unspecified atom stereocenters. The van der Waals surface area contributed by atoms with Crippen molar-refractivity contribution in [3.63, 3.8) is 0 Å². The fourth-order valence-electron chi connectivity index (χ4n) is 4.27. The van der Waals surface area contributed by atoms with Gasteiger partial charge in [0.05, 0.1) is 32.1 Å². The van der Waals surface area contributed by atoms with Gasteiger partial charge in [-0.2, -0.15) is 0 Å². The zero-order valence-corrected chi connectivity index (χ0v) is 21.8. The van der Waals surface area contributed by atoms with E-state index in [0.29, 0.717) is 28.3 Å². The van der Waals surface area contributed by atoms with Crippen molar-refractivity contribution >= 4 is 39.9 Å². The van der Waals surface area contributed by atoms with E-state index in [1.54, 1.807) is 63.2 Å². The summed E-state index contributed by atoms with van der Waals surface area (Å²) in [5.41, 5.74) is 1.80. The first kappa shape index (κ1) is 25.9. The van der Waals surface area contributed by atoms with Crippen LogP contribution in [0.5, 0.6) is 11.5 Å². The van der Waals surface area contributed by atoms with Gasteiger partial charge >= 0.3 is 11.9 Å². The van der Waals surface area contributed by atoms with Crippen molar-refractivity contribution in [2.45, 2.75) is 26.8 Å². The summed E-state index contributed by atoms with van der Waals surface area (Å²) in [6.07, 6.45) is 0. The number of ether oxygens (including phenoxy) is 3. The number of benzene rings is 2. The summed E-state index contributed by atoms with van der Waals surface area (Å²) >= 11 is 0.945. The van der Waals surface area contributed by atoms with Crippen LogP contribution < -0.4 is 14.4 Å². The predicted molar refractivity (Wildman–Crippen MR) is 138 cm³/mol. The molecule has 9 nitrogen and oxygen atoms in total. The van der Waals surface area contributed by atoms with Crippen LogP contribution in [0.15, 0.2) is 48.0 Å². The molecule has 1 aliphatic heterocycles. The lowest BCUT2D eigenvalue weighted by Crippen LogP contribution is -2.29. The van der Waals surface area contributed by atoms with Gasteiger partial charge in [-0.05, 0) is 50.6 Å². The van der Waals surface area contributed by atoms with Gasteiger partial charge in [-0.15, -0.1) is 0 Å². The van der Waals surface area contributed by atoms with Gasteiger partial charge in [0.25, 0.3) is 5.78 Å². The Labute approximate surface area is 217 Å². The third kappa shape index (κ3) is 4.55. The molecule has 1 atom stereocenters. The Bertz CT molecular complexity index is 1430. The first-order chi connectivity index (χ1) is 17.7. The Morgan fingerprint density at radius 2 is 1.78 bits per heavy atom. The molecule has 1 N–H and O–H groups in total. The number of aliphatic hydroxyl groups excluding tert-OH is 1. The number of aromatic nitrogens is 1.